The van der Waals surface area contributed by atoms with Gasteiger partial charge in [0.15, 0.2) is 0 Å². The molecule has 2 rings (SSSR count). The summed E-state index contributed by atoms with van der Waals surface area (Å²) in [6.07, 6.45) is 4.65. The molecule has 0 spiro atoms. The Labute approximate surface area is 126 Å². The third-order valence-corrected chi connectivity index (χ3v) is 5.58. The zero-order chi connectivity index (χ0) is 15.1. The van der Waals surface area contributed by atoms with Gasteiger partial charge in [0, 0.05) is 0 Å². The van der Waals surface area contributed by atoms with E-state index in [4.69, 9.17) is 4.74 Å². The molecule has 21 heavy (non-hydrogen) atoms. The maximum atomic E-state index is 12.1. The van der Waals surface area contributed by atoms with Gasteiger partial charge in [-0.3, -0.25) is 0 Å². The van der Waals surface area contributed by atoms with Crippen LogP contribution in [0.1, 0.15) is 37.7 Å². The first-order chi connectivity index (χ1) is 10.1. The average Bonchev–Trinajstić information content (AvgIpc) is 2.53. The number of rotatable bonds is 4. The maximum absolute atomic E-state index is 12.1. The molecule has 1 saturated carbocycles. The molecular weight excluding hydrogens is 286 g/mol. The molecule has 1 fully saturated rings. The van der Waals surface area contributed by atoms with Gasteiger partial charge in [0.25, 0.3) is 0 Å². The van der Waals surface area contributed by atoms with Gasteiger partial charge in [-0.15, -0.1) is 0 Å². The van der Waals surface area contributed by atoms with Crippen LogP contribution in [0.2, 0.25) is 0 Å². The summed E-state index contributed by atoms with van der Waals surface area (Å²) in [6, 6.07) is 7.42. The summed E-state index contributed by atoms with van der Waals surface area (Å²) < 4.78 is 32.0. The van der Waals surface area contributed by atoms with E-state index in [0.717, 1.165) is 37.7 Å². The molecule has 1 aromatic carbocycles. The Kier molecular flexibility index (Phi) is 5.66. The van der Waals surface area contributed by atoms with Gasteiger partial charge in [0.1, 0.15) is 5.75 Å². The molecule has 0 unspecified atom stereocenters. The summed E-state index contributed by atoms with van der Waals surface area (Å²) in [7, 11) is -1.65. The monoisotopic (exact) mass is 307 g/mol. The lowest BCUT2D eigenvalue weighted by molar-refractivity contribution is 0.413. The number of methoxy groups -OCH3 is 1. The van der Waals surface area contributed by atoms with Gasteiger partial charge >= 0.3 is 0 Å². The van der Waals surface area contributed by atoms with E-state index in [-0.39, 0.29) is 11.8 Å². The van der Waals surface area contributed by atoms with Crippen molar-refractivity contribution in [2.24, 2.45) is 0 Å². The molecule has 0 saturated heterocycles. The predicted molar refractivity (Wildman–Crippen MR) is 83.7 cm³/mol. The van der Waals surface area contributed by atoms with Gasteiger partial charge in [0.05, 0.1) is 24.5 Å². The van der Waals surface area contributed by atoms with Crippen LogP contribution < -0.4 is 9.46 Å². The van der Waals surface area contributed by atoms with E-state index in [1.165, 1.54) is 0 Å². The lowest BCUT2D eigenvalue weighted by Crippen LogP contribution is -2.35. The third-order valence-electron chi connectivity index (χ3n) is 3.68. The second-order valence-corrected chi connectivity index (χ2v) is 7.17. The summed E-state index contributed by atoms with van der Waals surface area (Å²) in [5.41, 5.74) is 0.761. The van der Waals surface area contributed by atoms with E-state index < -0.39 is 10.0 Å². The summed E-state index contributed by atoms with van der Waals surface area (Å²) in [6.45, 7) is 0.136. The molecule has 5 heteroatoms. The van der Waals surface area contributed by atoms with Crippen molar-refractivity contribution >= 4 is 10.0 Å². The Morgan fingerprint density at radius 2 is 1.95 bits per heavy atom. The van der Waals surface area contributed by atoms with Crippen molar-refractivity contribution in [3.63, 3.8) is 0 Å². The fourth-order valence-corrected chi connectivity index (χ4v) is 3.98. The molecule has 1 aliphatic carbocycles. The van der Waals surface area contributed by atoms with Gasteiger partial charge in [-0.1, -0.05) is 43.2 Å². The Hall–Kier alpha value is -1.51. The molecular formula is C16H21NO3S. The molecule has 0 aromatic heterocycles. The SMILES string of the molecule is COc1ccccc1C#CCNS(=O)(=O)C1CCCCC1. The second-order valence-electron chi connectivity index (χ2n) is 5.13. The number of para-hydroxylation sites is 1. The van der Waals surface area contributed by atoms with Crippen molar-refractivity contribution in [2.75, 3.05) is 13.7 Å². The van der Waals surface area contributed by atoms with Crippen LogP contribution in [-0.4, -0.2) is 27.3 Å². The van der Waals surface area contributed by atoms with E-state index in [0.29, 0.717) is 5.75 Å². The lowest BCUT2D eigenvalue weighted by atomic mass is 10.0. The fourth-order valence-electron chi connectivity index (χ4n) is 2.52. The van der Waals surface area contributed by atoms with Crippen molar-refractivity contribution in [3.8, 4) is 17.6 Å². The summed E-state index contributed by atoms with van der Waals surface area (Å²) >= 11 is 0. The molecule has 1 aromatic rings. The quantitative estimate of drug-likeness (QED) is 0.868. The Bertz CT molecular complexity index is 622. The number of ether oxygens (including phenoxy) is 1. The van der Waals surface area contributed by atoms with Gasteiger partial charge in [-0.05, 0) is 25.0 Å². The predicted octanol–water partition coefficient (Wildman–Crippen LogP) is 2.30. The molecule has 0 heterocycles. The molecule has 0 atom stereocenters. The van der Waals surface area contributed by atoms with Crippen LogP contribution in [0.3, 0.4) is 0 Å². The van der Waals surface area contributed by atoms with Crippen molar-refractivity contribution in [1.82, 2.24) is 4.72 Å². The fraction of sp³-hybridized carbons (Fsp3) is 0.500. The van der Waals surface area contributed by atoms with Crippen LogP contribution in [0.15, 0.2) is 24.3 Å². The topological polar surface area (TPSA) is 55.4 Å². The minimum absolute atomic E-state index is 0.136. The van der Waals surface area contributed by atoms with E-state index in [1.54, 1.807) is 7.11 Å². The molecule has 0 radical (unpaired) electrons. The Morgan fingerprint density at radius 3 is 2.67 bits per heavy atom. The van der Waals surface area contributed by atoms with Crippen LogP contribution in [0, 0.1) is 11.8 Å². The minimum Gasteiger partial charge on any atom is -0.495 e. The number of hydrogen-bond acceptors (Lipinski definition) is 3. The van der Waals surface area contributed by atoms with Crippen molar-refractivity contribution < 1.29 is 13.2 Å². The summed E-state index contributed by atoms with van der Waals surface area (Å²) in [4.78, 5) is 0. The van der Waals surface area contributed by atoms with Gasteiger partial charge in [-0.25, -0.2) is 13.1 Å². The first-order valence-electron chi connectivity index (χ1n) is 7.24. The standard InChI is InChI=1S/C16H21NO3S/c1-20-16-12-6-5-8-14(16)9-7-13-17-21(18,19)15-10-3-2-4-11-15/h5-6,8,12,15,17H,2-4,10-11,13H2,1H3. The zero-order valence-electron chi connectivity index (χ0n) is 12.3. The number of benzene rings is 1. The Balaban J connectivity index is 1.93. The number of hydrogen-bond donors (Lipinski definition) is 1. The van der Waals surface area contributed by atoms with Gasteiger partial charge in [-0.2, -0.15) is 0 Å². The average molecular weight is 307 g/mol. The maximum Gasteiger partial charge on any atom is 0.215 e. The van der Waals surface area contributed by atoms with Crippen LogP contribution >= 0.6 is 0 Å². The molecule has 0 amide bonds. The van der Waals surface area contributed by atoms with Crippen molar-refractivity contribution in [2.45, 2.75) is 37.4 Å². The van der Waals surface area contributed by atoms with Crippen molar-refractivity contribution in [1.29, 1.82) is 0 Å². The van der Waals surface area contributed by atoms with Gasteiger partial charge in [0.2, 0.25) is 10.0 Å². The van der Waals surface area contributed by atoms with Crippen LogP contribution in [-0.2, 0) is 10.0 Å². The molecule has 114 valence electrons. The first kappa shape index (κ1) is 15.9. The highest BCUT2D eigenvalue weighted by Crippen LogP contribution is 2.22. The van der Waals surface area contributed by atoms with E-state index in [2.05, 4.69) is 16.6 Å². The second kappa shape index (κ2) is 7.48. The van der Waals surface area contributed by atoms with E-state index >= 15 is 0 Å². The van der Waals surface area contributed by atoms with Crippen LogP contribution in [0.4, 0.5) is 0 Å². The zero-order valence-corrected chi connectivity index (χ0v) is 13.1. The molecule has 1 aliphatic rings. The number of nitrogens with one attached hydrogen (secondary N) is 1. The molecule has 4 nitrogen and oxygen atoms in total. The van der Waals surface area contributed by atoms with E-state index in [9.17, 15) is 8.42 Å². The third kappa shape index (κ3) is 4.48. The molecule has 1 N–H and O–H groups in total. The highest BCUT2D eigenvalue weighted by Gasteiger charge is 2.26. The highest BCUT2D eigenvalue weighted by molar-refractivity contribution is 7.90. The normalized spacial score (nSPS) is 16.0. The van der Waals surface area contributed by atoms with E-state index in [1.807, 2.05) is 24.3 Å². The summed E-state index contributed by atoms with van der Waals surface area (Å²) in [5, 5.41) is -0.251. The van der Waals surface area contributed by atoms with Gasteiger partial charge < -0.3 is 4.74 Å². The van der Waals surface area contributed by atoms with Crippen molar-refractivity contribution in [3.05, 3.63) is 29.8 Å². The Morgan fingerprint density at radius 1 is 1.24 bits per heavy atom. The largest absolute Gasteiger partial charge is 0.495 e. The summed E-state index contributed by atoms with van der Waals surface area (Å²) in [5.74, 6) is 6.48. The smallest absolute Gasteiger partial charge is 0.215 e. The molecule has 0 bridgehead atoms. The highest BCUT2D eigenvalue weighted by atomic mass is 32.2. The van der Waals surface area contributed by atoms with Crippen LogP contribution in [0.25, 0.3) is 0 Å². The van der Waals surface area contributed by atoms with Crippen LogP contribution in [0.5, 0.6) is 5.75 Å². The molecule has 0 aliphatic heterocycles. The minimum atomic E-state index is -3.24. The first-order valence-corrected chi connectivity index (χ1v) is 8.78. The lowest BCUT2D eigenvalue weighted by Gasteiger charge is -2.21. The number of sulfonamides is 1.